The molecule has 0 saturated heterocycles. The Balaban J connectivity index is 2.15. The SMILES string of the molecule is COc1nnc(SCC(=O)O)n1C1CC1. The first-order valence-electron chi connectivity index (χ1n) is 4.56. The van der Waals surface area contributed by atoms with Crippen LogP contribution in [0.5, 0.6) is 6.01 Å². The molecule has 0 radical (unpaired) electrons. The van der Waals surface area contributed by atoms with Gasteiger partial charge in [0, 0.05) is 6.04 Å². The van der Waals surface area contributed by atoms with Crippen molar-refractivity contribution in [2.45, 2.75) is 24.0 Å². The second-order valence-electron chi connectivity index (χ2n) is 3.25. The van der Waals surface area contributed by atoms with Crippen LogP contribution in [0.1, 0.15) is 18.9 Å². The molecule has 0 aromatic carbocycles. The van der Waals surface area contributed by atoms with E-state index in [0.717, 1.165) is 12.8 Å². The number of rotatable bonds is 5. The van der Waals surface area contributed by atoms with Gasteiger partial charge in [-0.1, -0.05) is 16.9 Å². The summed E-state index contributed by atoms with van der Waals surface area (Å²) in [6, 6.07) is 0.844. The molecule has 1 aliphatic carbocycles. The molecule has 1 N–H and O–H groups in total. The minimum absolute atomic E-state index is 0.00539. The van der Waals surface area contributed by atoms with Gasteiger partial charge in [0.2, 0.25) is 0 Å². The van der Waals surface area contributed by atoms with Crippen LogP contribution in [0, 0.1) is 0 Å². The van der Waals surface area contributed by atoms with Crippen LogP contribution in [-0.2, 0) is 4.79 Å². The topological polar surface area (TPSA) is 77.2 Å². The van der Waals surface area contributed by atoms with Crippen molar-refractivity contribution >= 4 is 17.7 Å². The maximum atomic E-state index is 10.4. The fourth-order valence-electron chi connectivity index (χ4n) is 1.27. The van der Waals surface area contributed by atoms with Gasteiger partial charge in [0.05, 0.1) is 12.9 Å². The third-order valence-corrected chi connectivity index (χ3v) is 2.98. The summed E-state index contributed by atoms with van der Waals surface area (Å²) in [7, 11) is 1.54. The predicted molar refractivity (Wildman–Crippen MR) is 53.2 cm³/mol. The minimum Gasteiger partial charge on any atom is -0.481 e. The summed E-state index contributed by atoms with van der Waals surface area (Å²) in [5.41, 5.74) is 0. The van der Waals surface area contributed by atoms with E-state index in [0.29, 0.717) is 17.2 Å². The molecule has 0 atom stereocenters. The molecule has 0 amide bonds. The first kappa shape index (κ1) is 10.3. The predicted octanol–water partition coefficient (Wildman–Crippen LogP) is 0.798. The zero-order valence-corrected chi connectivity index (χ0v) is 9.03. The van der Waals surface area contributed by atoms with E-state index in [1.165, 1.54) is 18.9 Å². The second kappa shape index (κ2) is 4.09. The minimum atomic E-state index is -0.857. The molecule has 15 heavy (non-hydrogen) atoms. The van der Waals surface area contributed by atoms with Gasteiger partial charge in [0.1, 0.15) is 0 Å². The fraction of sp³-hybridized carbons (Fsp3) is 0.625. The molecule has 82 valence electrons. The number of ether oxygens (including phenoxy) is 1. The van der Waals surface area contributed by atoms with E-state index in [9.17, 15) is 4.79 Å². The average molecular weight is 229 g/mol. The molecule has 1 fully saturated rings. The zero-order chi connectivity index (χ0) is 10.8. The number of carbonyl (C=O) groups is 1. The third kappa shape index (κ3) is 2.23. The van der Waals surface area contributed by atoms with Gasteiger partial charge in [0.25, 0.3) is 0 Å². The molecule has 1 aromatic heterocycles. The van der Waals surface area contributed by atoms with E-state index in [-0.39, 0.29) is 5.75 Å². The van der Waals surface area contributed by atoms with Crippen LogP contribution in [0.2, 0.25) is 0 Å². The summed E-state index contributed by atoms with van der Waals surface area (Å²) in [5, 5.41) is 17.0. The van der Waals surface area contributed by atoms with E-state index in [1.807, 2.05) is 4.57 Å². The van der Waals surface area contributed by atoms with Crippen molar-refractivity contribution in [2.75, 3.05) is 12.9 Å². The first-order valence-corrected chi connectivity index (χ1v) is 5.54. The number of methoxy groups -OCH3 is 1. The van der Waals surface area contributed by atoms with Gasteiger partial charge in [0.15, 0.2) is 5.16 Å². The summed E-state index contributed by atoms with van der Waals surface area (Å²) < 4.78 is 6.93. The fourth-order valence-corrected chi connectivity index (χ4v) is 1.99. The summed E-state index contributed by atoms with van der Waals surface area (Å²) in [6.45, 7) is 0. The maximum Gasteiger partial charge on any atom is 0.317 e. The summed E-state index contributed by atoms with van der Waals surface area (Å²) in [6.07, 6.45) is 2.16. The van der Waals surface area contributed by atoms with Crippen LogP contribution in [0.25, 0.3) is 0 Å². The Morgan fingerprint density at radius 3 is 2.93 bits per heavy atom. The highest BCUT2D eigenvalue weighted by molar-refractivity contribution is 7.99. The van der Waals surface area contributed by atoms with Crippen LogP contribution >= 0.6 is 11.8 Å². The van der Waals surface area contributed by atoms with Crippen LogP contribution in [0.3, 0.4) is 0 Å². The van der Waals surface area contributed by atoms with Gasteiger partial charge >= 0.3 is 12.0 Å². The number of hydrogen-bond acceptors (Lipinski definition) is 5. The summed E-state index contributed by atoms with van der Waals surface area (Å²) in [5.74, 6) is -0.863. The lowest BCUT2D eigenvalue weighted by Crippen LogP contribution is -2.03. The van der Waals surface area contributed by atoms with E-state index in [1.54, 1.807) is 0 Å². The monoisotopic (exact) mass is 229 g/mol. The Morgan fingerprint density at radius 2 is 2.40 bits per heavy atom. The second-order valence-corrected chi connectivity index (χ2v) is 4.20. The molecule has 7 heteroatoms. The smallest absolute Gasteiger partial charge is 0.317 e. The lowest BCUT2D eigenvalue weighted by molar-refractivity contribution is -0.133. The van der Waals surface area contributed by atoms with E-state index in [4.69, 9.17) is 9.84 Å². The largest absolute Gasteiger partial charge is 0.481 e. The number of aromatic nitrogens is 3. The molecule has 0 spiro atoms. The maximum absolute atomic E-state index is 10.4. The number of thioether (sulfide) groups is 1. The van der Waals surface area contributed by atoms with Crippen molar-refractivity contribution in [1.29, 1.82) is 0 Å². The third-order valence-electron chi connectivity index (χ3n) is 2.05. The summed E-state index contributed by atoms with van der Waals surface area (Å²) in [4.78, 5) is 10.4. The molecule has 2 rings (SSSR count). The number of nitrogens with zero attached hydrogens (tertiary/aromatic N) is 3. The normalized spacial score (nSPS) is 15.3. The van der Waals surface area contributed by atoms with Crippen LogP contribution in [0.4, 0.5) is 0 Å². The lowest BCUT2D eigenvalue weighted by Gasteiger charge is -2.05. The van der Waals surface area contributed by atoms with Gasteiger partial charge in [-0.15, -0.1) is 5.10 Å². The van der Waals surface area contributed by atoms with Crippen molar-refractivity contribution in [3.63, 3.8) is 0 Å². The molecular weight excluding hydrogens is 218 g/mol. The first-order chi connectivity index (χ1) is 7.22. The Kier molecular flexibility index (Phi) is 2.81. The van der Waals surface area contributed by atoms with Gasteiger partial charge in [-0.3, -0.25) is 9.36 Å². The zero-order valence-electron chi connectivity index (χ0n) is 8.21. The van der Waals surface area contributed by atoms with Gasteiger partial charge in [-0.25, -0.2) is 0 Å². The van der Waals surface area contributed by atoms with Crippen LogP contribution < -0.4 is 4.74 Å². The standard InChI is InChI=1S/C8H11N3O3S/c1-14-7-9-10-8(15-4-6(12)13)11(7)5-2-3-5/h5H,2-4H2,1H3,(H,12,13). The lowest BCUT2D eigenvalue weighted by atomic mass is 10.7. The van der Waals surface area contributed by atoms with E-state index < -0.39 is 5.97 Å². The van der Waals surface area contributed by atoms with Gasteiger partial charge in [-0.2, -0.15) is 0 Å². The number of carboxylic acid groups (broad SMARTS) is 1. The van der Waals surface area contributed by atoms with Crippen molar-refractivity contribution in [3.8, 4) is 6.01 Å². The summed E-state index contributed by atoms with van der Waals surface area (Å²) >= 11 is 1.17. The molecular formula is C8H11N3O3S. The van der Waals surface area contributed by atoms with Gasteiger partial charge in [-0.05, 0) is 12.8 Å². The quantitative estimate of drug-likeness (QED) is 0.752. The molecule has 1 aromatic rings. The van der Waals surface area contributed by atoms with Crippen molar-refractivity contribution in [1.82, 2.24) is 14.8 Å². The van der Waals surface area contributed by atoms with Crippen molar-refractivity contribution < 1.29 is 14.6 Å². The highest BCUT2D eigenvalue weighted by atomic mass is 32.2. The van der Waals surface area contributed by atoms with Gasteiger partial charge < -0.3 is 9.84 Å². The Labute approximate surface area is 90.6 Å². The molecule has 1 aliphatic rings. The highest BCUT2D eigenvalue weighted by Gasteiger charge is 2.30. The molecule has 0 bridgehead atoms. The molecule has 1 heterocycles. The number of carboxylic acids is 1. The Bertz CT molecular complexity index is 375. The average Bonchev–Trinajstić information content (AvgIpc) is 2.96. The van der Waals surface area contributed by atoms with Crippen molar-refractivity contribution in [2.24, 2.45) is 0 Å². The number of hydrogen-bond donors (Lipinski definition) is 1. The van der Waals surface area contributed by atoms with E-state index in [2.05, 4.69) is 10.2 Å². The van der Waals surface area contributed by atoms with E-state index >= 15 is 0 Å². The Hall–Kier alpha value is -1.24. The molecule has 0 aliphatic heterocycles. The van der Waals surface area contributed by atoms with Crippen LogP contribution in [0.15, 0.2) is 5.16 Å². The molecule has 6 nitrogen and oxygen atoms in total. The van der Waals surface area contributed by atoms with Crippen LogP contribution in [-0.4, -0.2) is 38.7 Å². The van der Waals surface area contributed by atoms with Crippen molar-refractivity contribution in [3.05, 3.63) is 0 Å². The molecule has 1 saturated carbocycles. The molecule has 0 unspecified atom stereocenters. The highest BCUT2D eigenvalue weighted by Crippen LogP contribution is 2.40. The number of aliphatic carboxylic acids is 1. The Morgan fingerprint density at radius 1 is 1.67 bits per heavy atom.